The Morgan fingerprint density at radius 3 is 2.47 bits per heavy atom. The number of hydrogen-bond donors (Lipinski definition) is 0. The van der Waals surface area contributed by atoms with Crippen molar-refractivity contribution >= 4 is 21.8 Å². The molecule has 1 saturated carbocycles. The molecule has 0 N–H and O–H groups in total. The van der Waals surface area contributed by atoms with Crippen LogP contribution >= 0.6 is 0 Å². The molecule has 0 unspecified atom stereocenters. The van der Waals surface area contributed by atoms with Crippen LogP contribution in [0.4, 0.5) is 0 Å². The molecule has 2 atom stereocenters. The number of benzene rings is 1. The third-order valence-electron chi connectivity index (χ3n) is 6.45. The van der Waals surface area contributed by atoms with Crippen LogP contribution in [0.5, 0.6) is 5.75 Å². The first-order valence-electron chi connectivity index (χ1n) is 10.6. The van der Waals surface area contributed by atoms with Crippen molar-refractivity contribution < 1.29 is 22.7 Å². The van der Waals surface area contributed by atoms with Gasteiger partial charge in [0.2, 0.25) is 21.8 Å². The minimum Gasteiger partial charge on any atom is -0.487 e. The highest BCUT2D eigenvalue weighted by atomic mass is 32.2. The Labute approximate surface area is 177 Å². The Balaban J connectivity index is 1.67. The number of likely N-dealkylation sites (tertiary alicyclic amines) is 1. The summed E-state index contributed by atoms with van der Waals surface area (Å²) in [5.41, 5.74) is 0. The molecule has 164 valence electrons. The van der Waals surface area contributed by atoms with E-state index in [1.807, 2.05) is 4.90 Å². The molecule has 1 aromatic rings. The van der Waals surface area contributed by atoms with Crippen LogP contribution < -0.4 is 4.74 Å². The molecule has 2 aliphatic heterocycles. The van der Waals surface area contributed by atoms with Crippen LogP contribution in [0.2, 0.25) is 0 Å². The molecule has 2 fully saturated rings. The molecule has 0 bridgehead atoms. The normalized spacial score (nSPS) is 26.3. The fraction of sp³-hybridized carbons (Fsp3) is 0.619. The molecule has 30 heavy (non-hydrogen) atoms. The maximum absolute atomic E-state index is 13.5. The van der Waals surface area contributed by atoms with Crippen molar-refractivity contribution in [2.75, 3.05) is 33.7 Å². The van der Waals surface area contributed by atoms with Gasteiger partial charge in [0.25, 0.3) is 0 Å². The molecule has 1 saturated heterocycles. The smallest absolute Gasteiger partial charge is 0.247 e. The summed E-state index contributed by atoms with van der Waals surface area (Å²) in [7, 11) is -0.701. The van der Waals surface area contributed by atoms with Crippen molar-refractivity contribution in [2.24, 2.45) is 5.92 Å². The number of para-hydroxylation sites is 1. The van der Waals surface area contributed by atoms with Gasteiger partial charge in [0.1, 0.15) is 16.7 Å². The molecule has 2 amide bonds. The Hall–Kier alpha value is -2.13. The maximum Gasteiger partial charge on any atom is 0.247 e. The molecule has 0 radical (unpaired) electrons. The number of nitrogens with zero attached hydrogens (tertiary/aromatic N) is 3. The number of sulfonamides is 1. The highest BCUT2D eigenvalue weighted by molar-refractivity contribution is 7.89. The molecular weight excluding hydrogens is 406 g/mol. The third-order valence-corrected chi connectivity index (χ3v) is 8.36. The van der Waals surface area contributed by atoms with Crippen molar-refractivity contribution in [3.05, 3.63) is 24.3 Å². The second kappa shape index (κ2) is 8.19. The molecule has 0 aromatic heterocycles. The number of hydrogen-bond acceptors (Lipinski definition) is 5. The average Bonchev–Trinajstić information content (AvgIpc) is 2.91. The molecule has 4 rings (SSSR count). The predicted octanol–water partition coefficient (Wildman–Crippen LogP) is 1.32. The van der Waals surface area contributed by atoms with Crippen molar-refractivity contribution in [3.63, 3.8) is 0 Å². The molecule has 1 aromatic carbocycles. The second-order valence-corrected chi connectivity index (χ2v) is 10.4. The van der Waals surface area contributed by atoms with Crippen LogP contribution in [0.15, 0.2) is 29.2 Å². The first-order chi connectivity index (χ1) is 14.3. The van der Waals surface area contributed by atoms with Crippen molar-refractivity contribution in [1.29, 1.82) is 0 Å². The number of likely N-dealkylation sites (N-methyl/N-ethyl adjacent to an activating group) is 1. The minimum absolute atomic E-state index is 0.0898. The first kappa shape index (κ1) is 21.1. The Bertz CT molecular complexity index is 928. The zero-order valence-corrected chi connectivity index (χ0v) is 18.3. The summed E-state index contributed by atoms with van der Waals surface area (Å²) in [6.07, 6.45) is 3.51. The van der Waals surface area contributed by atoms with E-state index in [1.165, 1.54) is 15.3 Å². The van der Waals surface area contributed by atoms with Crippen LogP contribution in [0, 0.1) is 5.92 Å². The van der Waals surface area contributed by atoms with Crippen LogP contribution in [0.3, 0.4) is 0 Å². The van der Waals surface area contributed by atoms with Gasteiger partial charge in [-0.05, 0) is 31.4 Å². The molecule has 3 aliphatic rings. The largest absolute Gasteiger partial charge is 0.487 e. The minimum atomic E-state index is -3.92. The quantitative estimate of drug-likeness (QED) is 0.715. The summed E-state index contributed by atoms with van der Waals surface area (Å²) in [6, 6.07) is 6.07. The van der Waals surface area contributed by atoms with Crippen molar-refractivity contribution in [2.45, 2.75) is 49.1 Å². The van der Waals surface area contributed by atoms with Gasteiger partial charge in [-0.15, -0.1) is 0 Å². The van der Waals surface area contributed by atoms with Gasteiger partial charge in [-0.1, -0.05) is 18.6 Å². The van der Waals surface area contributed by atoms with Gasteiger partial charge >= 0.3 is 0 Å². The number of fused-ring (bicyclic) bond motifs is 2. The van der Waals surface area contributed by atoms with Crippen molar-refractivity contribution in [1.82, 2.24) is 14.1 Å². The fourth-order valence-electron chi connectivity index (χ4n) is 4.37. The maximum atomic E-state index is 13.5. The first-order valence-corrected chi connectivity index (χ1v) is 12.0. The summed E-state index contributed by atoms with van der Waals surface area (Å²) >= 11 is 0. The van der Waals surface area contributed by atoms with E-state index in [2.05, 4.69) is 0 Å². The summed E-state index contributed by atoms with van der Waals surface area (Å²) in [5.74, 6) is 0.288. The van der Waals surface area contributed by atoms with Crippen LogP contribution in [0.1, 0.15) is 32.1 Å². The summed E-state index contributed by atoms with van der Waals surface area (Å²) in [4.78, 5) is 28.6. The Morgan fingerprint density at radius 1 is 1.10 bits per heavy atom. The van der Waals surface area contributed by atoms with E-state index < -0.39 is 22.2 Å². The monoisotopic (exact) mass is 435 g/mol. The lowest BCUT2D eigenvalue weighted by Crippen LogP contribution is -2.50. The zero-order chi connectivity index (χ0) is 21.5. The third kappa shape index (κ3) is 3.80. The Morgan fingerprint density at radius 2 is 1.80 bits per heavy atom. The number of ether oxygens (including phenoxy) is 1. The van der Waals surface area contributed by atoms with E-state index in [1.54, 1.807) is 32.3 Å². The van der Waals surface area contributed by atoms with Gasteiger partial charge in [-0.2, -0.15) is 4.31 Å². The number of rotatable bonds is 3. The lowest BCUT2D eigenvalue weighted by atomic mass is 9.84. The van der Waals surface area contributed by atoms with Gasteiger partial charge in [0.15, 0.2) is 0 Å². The van der Waals surface area contributed by atoms with Crippen molar-refractivity contribution in [3.8, 4) is 5.75 Å². The fourth-order valence-corrected chi connectivity index (χ4v) is 6.12. The van der Waals surface area contributed by atoms with Gasteiger partial charge in [0.05, 0.1) is 12.6 Å². The summed E-state index contributed by atoms with van der Waals surface area (Å²) in [6.45, 7) is 0.761. The lowest BCUT2D eigenvalue weighted by molar-refractivity contribution is -0.138. The van der Waals surface area contributed by atoms with E-state index in [0.29, 0.717) is 31.7 Å². The van der Waals surface area contributed by atoms with E-state index in [-0.39, 0.29) is 29.2 Å². The van der Waals surface area contributed by atoms with E-state index in [4.69, 9.17) is 4.74 Å². The molecule has 9 heteroatoms. The highest BCUT2D eigenvalue weighted by Crippen LogP contribution is 2.37. The topological polar surface area (TPSA) is 87.2 Å². The molecule has 8 nitrogen and oxygen atoms in total. The zero-order valence-electron chi connectivity index (χ0n) is 17.5. The highest BCUT2D eigenvalue weighted by Gasteiger charge is 2.45. The standard InChI is InChI=1S/C21H29N3O5S/c1-22(2)20(25)14-24-16-10-12-23(21(26)15-6-5-7-15)13-11-17(16)29-18-8-3-4-9-19(18)30(24,27)28/h3-4,8-9,15-17H,5-7,10-14H2,1-2H3/t16-,17-/m1/s1. The molecule has 2 heterocycles. The van der Waals surface area contributed by atoms with Gasteiger partial charge in [-0.3, -0.25) is 9.59 Å². The predicted molar refractivity (Wildman–Crippen MR) is 110 cm³/mol. The van der Waals surface area contributed by atoms with Crippen LogP contribution in [0.25, 0.3) is 0 Å². The van der Waals surface area contributed by atoms with E-state index in [9.17, 15) is 18.0 Å². The van der Waals surface area contributed by atoms with Crippen LogP contribution in [-0.2, 0) is 19.6 Å². The molecule has 0 spiro atoms. The van der Waals surface area contributed by atoms with E-state index >= 15 is 0 Å². The summed E-state index contributed by atoms with van der Waals surface area (Å²) < 4.78 is 34.5. The summed E-state index contributed by atoms with van der Waals surface area (Å²) in [5, 5.41) is 0. The molecule has 1 aliphatic carbocycles. The number of carbonyl (C=O) groups excluding carboxylic acids is 2. The van der Waals surface area contributed by atoms with Gasteiger partial charge in [-0.25, -0.2) is 8.42 Å². The van der Waals surface area contributed by atoms with Crippen LogP contribution in [-0.4, -0.2) is 80.2 Å². The number of carbonyl (C=O) groups is 2. The Kier molecular flexibility index (Phi) is 5.76. The number of amides is 2. The molecular formula is C21H29N3O5S. The second-order valence-electron chi connectivity index (χ2n) is 8.54. The average molecular weight is 436 g/mol. The van der Waals surface area contributed by atoms with E-state index in [0.717, 1.165) is 19.3 Å². The lowest BCUT2D eigenvalue weighted by Gasteiger charge is -2.32. The SMILES string of the molecule is CN(C)C(=O)CN1[C@@H]2CCN(C(=O)C3CCC3)CC[C@H]2Oc2ccccc2S1(=O)=O. The van der Waals surface area contributed by atoms with Gasteiger partial charge < -0.3 is 14.5 Å². The van der Waals surface area contributed by atoms with Gasteiger partial charge in [0, 0.05) is 39.5 Å².